The van der Waals surface area contributed by atoms with E-state index in [-0.39, 0.29) is 11.3 Å². The largest absolute Gasteiger partial charge is 0.475 e. The van der Waals surface area contributed by atoms with Crippen LogP contribution in [0.1, 0.15) is 5.56 Å². The molecule has 0 atom stereocenters. The van der Waals surface area contributed by atoms with Gasteiger partial charge in [-0.1, -0.05) is 0 Å². The van der Waals surface area contributed by atoms with Crippen LogP contribution in [0.5, 0.6) is 0 Å². The lowest BCUT2D eigenvalue weighted by Gasteiger charge is -1.95. The van der Waals surface area contributed by atoms with Gasteiger partial charge in [-0.25, -0.2) is 19.2 Å². The van der Waals surface area contributed by atoms with E-state index in [1.807, 2.05) is 0 Å². The number of carboxylic acid groups (broad SMARTS) is 1. The van der Waals surface area contributed by atoms with Crippen LogP contribution < -0.4 is 5.73 Å². The van der Waals surface area contributed by atoms with Gasteiger partial charge in [0.25, 0.3) is 0 Å². The predicted molar refractivity (Wildman–Crippen MR) is 58.5 cm³/mol. The fraction of sp³-hybridized carbons (Fsp3) is 0. The van der Waals surface area contributed by atoms with Crippen LogP contribution in [0.2, 0.25) is 0 Å². The minimum Gasteiger partial charge on any atom is -0.475 e. The number of nitriles is 1. The van der Waals surface area contributed by atoms with Crippen LogP contribution in [0.4, 0.5) is 10.1 Å². The highest BCUT2D eigenvalue weighted by Gasteiger charge is 2.02. The summed E-state index contributed by atoms with van der Waals surface area (Å²) in [7, 11) is 0. The molecule has 0 aromatic heterocycles. The number of hydrogen-bond acceptors (Lipinski definition) is 3. The third-order valence-corrected chi connectivity index (χ3v) is 1.69. The molecule has 0 aliphatic carbocycles. The highest BCUT2D eigenvalue weighted by molar-refractivity contribution is 6.35. The lowest BCUT2D eigenvalue weighted by atomic mass is 10.2. The third-order valence-electron chi connectivity index (χ3n) is 1.69. The molecule has 0 spiro atoms. The summed E-state index contributed by atoms with van der Waals surface area (Å²) in [6.07, 6.45) is 0.827. The van der Waals surface area contributed by atoms with Crippen LogP contribution in [-0.4, -0.2) is 23.2 Å². The zero-order valence-corrected chi connectivity index (χ0v) is 8.46. The van der Waals surface area contributed by atoms with Crippen molar-refractivity contribution in [3.05, 3.63) is 29.6 Å². The average molecular weight is 234 g/mol. The number of carbonyl (C=O) groups is 1. The molecule has 1 aromatic rings. The molecule has 1 rings (SSSR count). The number of aliphatic carboxylic acids is 1. The first-order valence-electron chi connectivity index (χ1n) is 4.33. The Balaban J connectivity index is 2.90. The van der Waals surface area contributed by atoms with Crippen molar-refractivity contribution in [2.75, 3.05) is 0 Å². The zero-order chi connectivity index (χ0) is 12.8. The average Bonchev–Trinajstić information content (AvgIpc) is 2.30. The van der Waals surface area contributed by atoms with Crippen molar-refractivity contribution in [2.24, 2.45) is 15.7 Å². The summed E-state index contributed by atoms with van der Waals surface area (Å²) in [4.78, 5) is 17.1. The maximum absolute atomic E-state index is 13.3. The lowest BCUT2D eigenvalue weighted by Crippen LogP contribution is -2.22. The highest BCUT2D eigenvalue weighted by Crippen LogP contribution is 2.17. The molecule has 1 aromatic carbocycles. The van der Waals surface area contributed by atoms with Gasteiger partial charge in [0.1, 0.15) is 17.8 Å². The standard InChI is InChI=1S/C10H7FN4O2/c11-7-3-6(4-12)1-2-8(7)14-5-15-9(13)10(16)17/h1-3,5H,(H,16,17)(H2,13,14,15). The molecule has 0 aliphatic rings. The number of amidine groups is 1. The maximum Gasteiger partial charge on any atom is 0.371 e. The van der Waals surface area contributed by atoms with Gasteiger partial charge >= 0.3 is 5.97 Å². The Morgan fingerprint density at radius 3 is 2.82 bits per heavy atom. The van der Waals surface area contributed by atoms with E-state index in [9.17, 15) is 9.18 Å². The predicted octanol–water partition coefficient (Wildman–Crippen LogP) is 0.799. The Kier molecular flexibility index (Phi) is 3.89. The first kappa shape index (κ1) is 12.3. The summed E-state index contributed by atoms with van der Waals surface area (Å²) in [6.45, 7) is 0. The molecule has 0 radical (unpaired) electrons. The zero-order valence-electron chi connectivity index (χ0n) is 8.46. The number of benzene rings is 1. The monoisotopic (exact) mass is 234 g/mol. The van der Waals surface area contributed by atoms with E-state index in [0.29, 0.717) is 0 Å². The van der Waals surface area contributed by atoms with Crippen LogP contribution in [0.3, 0.4) is 0 Å². The van der Waals surface area contributed by atoms with Crippen molar-refractivity contribution >= 4 is 23.8 Å². The van der Waals surface area contributed by atoms with Crippen LogP contribution in [0.25, 0.3) is 0 Å². The van der Waals surface area contributed by atoms with Gasteiger partial charge in [0.2, 0.25) is 5.84 Å². The first-order chi connectivity index (χ1) is 8.04. The Labute approximate surface area is 95.5 Å². The van der Waals surface area contributed by atoms with Crippen molar-refractivity contribution in [1.82, 2.24) is 0 Å². The van der Waals surface area contributed by atoms with Crippen molar-refractivity contribution in [3.63, 3.8) is 0 Å². The summed E-state index contributed by atoms with van der Waals surface area (Å²) < 4.78 is 13.3. The summed E-state index contributed by atoms with van der Waals surface area (Å²) in [6, 6.07) is 5.43. The molecule has 6 nitrogen and oxygen atoms in total. The molecule has 0 aliphatic heterocycles. The molecule has 3 N–H and O–H groups in total. The van der Waals surface area contributed by atoms with E-state index in [1.165, 1.54) is 12.1 Å². The van der Waals surface area contributed by atoms with Gasteiger partial charge in [0.05, 0.1) is 11.6 Å². The van der Waals surface area contributed by atoms with E-state index >= 15 is 0 Å². The number of rotatable bonds is 2. The van der Waals surface area contributed by atoms with E-state index in [4.69, 9.17) is 16.1 Å². The second-order valence-corrected chi connectivity index (χ2v) is 2.84. The van der Waals surface area contributed by atoms with Crippen molar-refractivity contribution in [2.45, 2.75) is 0 Å². The van der Waals surface area contributed by atoms with E-state index in [1.54, 1.807) is 6.07 Å². The molecule has 0 saturated heterocycles. The third kappa shape index (κ3) is 3.39. The molecule has 17 heavy (non-hydrogen) atoms. The van der Waals surface area contributed by atoms with Crippen LogP contribution in [0, 0.1) is 17.1 Å². The minimum atomic E-state index is -1.39. The smallest absolute Gasteiger partial charge is 0.371 e. The van der Waals surface area contributed by atoms with Crippen molar-refractivity contribution in [1.29, 1.82) is 5.26 Å². The molecule has 7 heteroatoms. The Hall–Kier alpha value is -2.75. The molecular weight excluding hydrogens is 227 g/mol. The summed E-state index contributed by atoms with van der Waals surface area (Å²) in [5.41, 5.74) is 5.08. The quantitative estimate of drug-likeness (QED) is 0.582. The second kappa shape index (κ2) is 5.37. The molecule has 0 bridgehead atoms. The van der Waals surface area contributed by atoms with Crippen LogP contribution in [-0.2, 0) is 4.79 Å². The Morgan fingerprint density at radius 2 is 2.29 bits per heavy atom. The van der Waals surface area contributed by atoms with E-state index in [0.717, 1.165) is 12.4 Å². The molecule has 0 amide bonds. The van der Waals surface area contributed by atoms with Gasteiger partial charge in [-0.15, -0.1) is 0 Å². The number of halogens is 1. The molecular formula is C10H7FN4O2. The fourth-order valence-electron chi connectivity index (χ4n) is 0.890. The first-order valence-corrected chi connectivity index (χ1v) is 4.33. The van der Waals surface area contributed by atoms with Gasteiger partial charge in [-0.2, -0.15) is 5.26 Å². The van der Waals surface area contributed by atoms with E-state index < -0.39 is 17.6 Å². The summed E-state index contributed by atoms with van der Waals surface area (Å²) in [5.74, 6) is -2.75. The Morgan fingerprint density at radius 1 is 1.59 bits per heavy atom. The number of hydrogen-bond donors (Lipinski definition) is 2. The van der Waals surface area contributed by atoms with Gasteiger partial charge in [-0.3, -0.25) is 0 Å². The molecule has 86 valence electrons. The van der Waals surface area contributed by atoms with Gasteiger partial charge in [0.15, 0.2) is 0 Å². The number of nitrogens with zero attached hydrogens (tertiary/aromatic N) is 3. The number of carboxylic acids is 1. The molecule has 0 fully saturated rings. The summed E-state index contributed by atoms with van der Waals surface area (Å²) >= 11 is 0. The molecule has 0 unspecified atom stereocenters. The summed E-state index contributed by atoms with van der Waals surface area (Å²) in [5, 5.41) is 16.9. The Bertz CT molecular complexity index is 546. The fourth-order valence-corrected chi connectivity index (χ4v) is 0.890. The number of aliphatic imine (C=N–C) groups is 2. The lowest BCUT2D eigenvalue weighted by molar-refractivity contribution is -0.129. The maximum atomic E-state index is 13.3. The van der Waals surface area contributed by atoms with Crippen LogP contribution >= 0.6 is 0 Å². The van der Waals surface area contributed by atoms with E-state index in [2.05, 4.69) is 9.98 Å². The highest BCUT2D eigenvalue weighted by atomic mass is 19.1. The van der Waals surface area contributed by atoms with Crippen LogP contribution in [0.15, 0.2) is 28.2 Å². The number of nitrogens with two attached hydrogens (primary N) is 1. The van der Waals surface area contributed by atoms with Gasteiger partial charge in [0, 0.05) is 0 Å². The SMILES string of the molecule is N#Cc1ccc(N=CN=C(N)C(=O)O)c(F)c1. The van der Waals surface area contributed by atoms with Crippen molar-refractivity contribution in [3.8, 4) is 6.07 Å². The minimum absolute atomic E-state index is 0.0639. The molecule has 0 heterocycles. The van der Waals surface area contributed by atoms with Gasteiger partial charge < -0.3 is 10.8 Å². The van der Waals surface area contributed by atoms with Gasteiger partial charge in [-0.05, 0) is 18.2 Å². The molecule has 0 saturated carbocycles. The normalized spacial score (nSPS) is 11.4. The second-order valence-electron chi connectivity index (χ2n) is 2.84. The van der Waals surface area contributed by atoms with Crippen molar-refractivity contribution < 1.29 is 14.3 Å². The topological polar surface area (TPSA) is 112 Å².